The highest BCUT2D eigenvalue weighted by molar-refractivity contribution is 6.33. The van der Waals surface area contributed by atoms with Crippen molar-refractivity contribution in [3.8, 4) is 5.75 Å². The first-order valence-corrected chi connectivity index (χ1v) is 11.1. The standard InChI is InChI=1S/C27H21ClN2O5/c28-22-10-4-3-9-21(22)25(31)29-24(26(32)33)16-17-12-14-19(15-13-17)35-27(34)30-23-11-5-7-18-6-1-2-8-20(18)23/h1-15,24H,16H2,(H,29,31)(H,30,34)(H,32,33)/t24-/m0/s1. The molecule has 1 atom stereocenters. The summed E-state index contributed by atoms with van der Waals surface area (Å²) in [6, 6.07) is 24.9. The zero-order valence-corrected chi connectivity index (χ0v) is 19.2. The molecule has 0 spiro atoms. The lowest BCUT2D eigenvalue weighted by Gasteiger charge is -2.15. The van der Waals surface area contributed by atoms with Gasteiger partial charge in [0.05, 0.1) is 16.3 Å². The van der Waals surface area contributed by atoms with E-state index in [4.69, 9.17) is 16.3 Å². The van der Waals surface area contributed by atoms with Gasteiger partial charge in [0.2, 0.25) is 0 Å². The van der Waals surface area contributed by atoms with Crippen LogP contribution < -0.4 is 15.4 Å². The van der Waals surface area contributed by atoms with Crippen molar-refractivity contribution < 1.29 is 24.2 Å². The number of hydrogen-bond donors (Lipinski definition) is 3. The monoisotopic (exact) mass is 488 g/mol. The zero-order chi connectivity index (χ0) is 24.8. The van der Waals surface area contributed by atoms with Crippen molar-refractivity contribution >= 4 is 46.0 Å². The van der Waals surface area contributed by atoms with E-state index in [0.29, 0.717) is 17.0 Å². The molecule has 0 aliphatic heterocycles. The number of halogens is 1. The van der Waals surface area contributed by atoms with E-state index in [-0.39, 0.29) is 17.0 Å². The lowest BCUT2D eigenvalue weighted by atomic mass is 10.1. The number of carbonyl (C=O) groups excluding carboxylic acids is 2. The van der Waals surface area contributed by atoms with Crippen LogP contribution in [0, 0.1) is 0 Å². The third-order valence-corrected chi connectivity index (χ3v) is 5.65. The quantitative estimate of drug-likeness (QED) is 0.317. The molecule has 0 aliphatic rings. The number of nitrogens with one attached hydrogen (secondary N) is 2. The summed E-state index contributed by atoms with van der Waals surface area (Å²) in [7, 11) is 0. The first-order chi connectivity index (χ1) is 16.9. The van der Waals surface area contributed by atoms with Crippen LogP contribution in [0.4, 0.5) is 10.5 Å². The molecule has 4 aromatic rings. The van der Waals surface area contributed by atoms with Gasteiger partial charge in [0, 0.05) is 11.8 Å². The summed E-state index contributed by atoms with van der Waals surface area (Å²) in [6.45, 7) is 0. The van der Waals surface area contributed by atoms with Crippen molar-refractivity contribution in [2.24, 2.45) is 0 Å². The number of ether oxygens (including phenoxy) is 1. The second-order valence-corrected chi connectivity index (χ2v) is 8.14. The summed E-state index contributed by atoms with van der Waals surface area (Å²) >= 11 is 6.03. The van der Waals surface area contributed by atoms with E-state index in [9.17, 15) is 19.5 Å². The first-order valence-electron chi connectivity index (χ1n) is 10.7. The Morgan fingerprint density at radius 2 is 1.54 bits per heavy atom. The second kappa shape index (κ2) is 10.7. The SMILES string of the molecule is O=C(Nc1cccc2ccccc12)Oc1ccc(C[C@H](NC(=O)c2ccccc2Cl)C(=O)O)cc1. The van der Waals surface area contributed by atoms with Crippen LogP contribution in [0.2, 0.25) is 5.02 Å². The summed E-state index contributed by atoms with van der Waals surface area (Å²) in [4.78, 5) is 36.6. The molecule has 0 saturated carbocycles. The van der Waals surface area contributed by atoms with Gasteiger partial charge in [-0.3, -0.25) is 10.1 Å². The van der Waals surface area contributed by atoms with Crippen LogP contribution >= 0.6 is 11.6 Å². The summed E-state index contributed by atoms with van der Waals surface area (Å²) in [6.07, 6.45) is -0.613. The number of aliphatic carboxylic acids is 1. The molecule has 0 aromatic heterocycles. The molecular formula is C27H21ClN2O5. The molecule has 0 bridgehead atoms. The Labute approximate surface area is 206 Å². The van der Waals surface area contributed by atoms with Crippen molar-refractivity contribution in [1.29, 1.82) is 0 Å². The van der Waals surface area contributed by atoms with E-state index in [1.807, 2.05) is 36.4 Å². The van der Waals surface area contributed by atoms with Crippen molar-refractivity contribution in [3.05, 3.63) is 107 Å². The van der Waals surface area contributed by atoms with Crippen molar-refractivity contribution in [2.45, 2.75) is 12.5 Å². The third kappa shape index (κ3) is 5.96. The van der Waals surface area contributed by atoms with Crippen LogP contribution in [0.1, 0.15) is 15.9 Å². The maximum Gasteiger partial charge on any atom is 0.417 e. The Balaban J connectivity index is 1.38. The molecule has 3 N–H and O–H groups in total. The molecule has 4 aromatic carbocycles. The van der Waals surface area contributed by atoms with Crippen LogP contribution in [0.15, 0.2) is 91.0 Å². The lowest BCUT2D eigenvalue weighted by molar-refractivity contribution is -0.139. The normalized spacial score (nSPS) is 11.5. The highest BCUT2D eigenvalue weighted by atomic mass is 35.5. The highest BCUT2D eigenvalue weighted by Gasteiger charge is 2.22. The average molecular weight is 489 g/mol. The Bertz CT molecular complexity index is 1380. The number of benzene rings is 4. The molecule has 0 saturated heterocycles. The largest absolute Gasteiger partial charge is 0.480 e. The van der Waals surface area contributed by atoms with Crippen LogP contribution in [-0.2, 0) is 11.2 Å². The molecule has 0 heterocycles. The van der Waals surface area contributed by atoms with Gasteiger partial charge in [0.1, 0.15) is 11.8 Å². The number of fused-ring (bicyclic) bond motifs is 1. The maximum atomic E-state index is 12.5. The van der Waals surface area contributed by atoms with Gasteiger partial charge in [-0.2, -0.15) is 0 Å². The topological polar surface area (TPSA) is 105 Å². The van der Waals surface area contributed by atoms with E-state index in [0.717, 1.165) is 10.8 Å². The number of carboxylic acids is 1. The summed E-state index contributed by atoms with van der Waals surface area (Å²) in [5, 5.41) is 16.9. The van der Waals surface area contributed by atoms with Crippen molar-refractivity contribution in [3.63, 3.8) is 0 Å². The van der Waals surface area contributed by atoms with Gasteiger partial charge in [0.25, 0.3) is 5.91 Å². The van der Waals surface area contributed by atoms with Gasteiger partial charge in [-0.1, -0.05) is 72.3 Å². The van der Waals surface area contributed by atoms with Gasteiger partial charge in [-0.25, -0.2) is 9.59 Å². The third-order valence-electron chi connectivity index (χ3n) is 5.32. The summed E-state index contributed by atoms with van der Waals surface area (Å²) in [5.74, 6) is -1.47. The van der Waals surface area contributed by atoms with E-state index >= 15 is 0 Å². The molecule has 7 nitrogen and oxygen atoms in total. The van der Waals surface area contributed by atoms with E-state index in [1.54, 1.807) is 48.5 Å². The minimum Gasteiger partial charge on any atom is -0.480 e. The second-order valence-electron chi connectivity index (χ2n) is 7.73. The van der Waals surface area contributed by atoms with Crippen molar-refractivity contribution in [1.82, 2.24) is 5.32 Å². The zero-order valence-electron chi connectivity index (χ0n) is 18.4. The molecular weight excluding hydrogens is 468 g/mol. The molecule has 0 aliphatic carbocycles. The van der Waals surface area contributed by atoms with E-state index in [2.05, 4.69) is 10.6 Å². The molecule has 8 heteroatoms. The molecule has 4 rings (SSSR count). The number of hydrogen-bond acceptors (Lipinski definition) is 4. The lowest BCUT2D eigenvalue weighted by Crippen LogP contribution is -2.42. The molecule has 0 fully saturated rings. The number of carboxylic acid groups (broad SMARTS) is 1. The molecule has 0 radical (unpaired) electrons. The van der Waals surface area contributed by atoms with Crippen LogP contribution in [0.25, 0.3) is 10.8 Å². The van der Waals surface area contributed by atoms with Crippen molar-refractivity contribution in [2.75, 3.05) is 5.32 Å². The van der Waals surface area contributed by atoms with Gasteiger partial charge >= 0.3 is 12.1 Å². The minimum absolute atomic E-state index is 0.0357. The predicted molar refractivity (Wildman–Crippen MR) is 134 cm³/mol. The number of anilines is 1. The van der Waals surface area contributed by atoms with Gasteiger partial charge in [-0.15, -0.1) is 0 Å². The van der Waals surface area contributed by atoms with E-state index < -0.39 is 24.0 Å². The fraction of sp³-hybridized carbons (Fsp3) is 0.0741. The van der Waals surface area contributed by atoms with Gasteiger partial charge in [-0.05, 0) is 41.3 Å². The molecule has 2 amide bonds. The molecule has 176 valence electrons. The average Bonchev–Trinajstić information content (AvgIpc) is 2.85. The maximum absolute atomic E-state index is 12.5. The number of carbonyl (C=O) groups is 3. The fourth-order valence-corrected chi connectivity index (χ4v) is 3.81. The Kier molecular flexibility index (Phi) is 7.28. The fourth-order valence-electron chi connectivity index (χ4n) is 3.59. The summed E-state index contributed by atoms with van der Waals surface area (Å²) < 4.78 is 5.36. The molecule has 0 unspecified atom stereocenters. The Morgan fingerprint density at radius 1 is 0.857 bits per heavy atom. The Morgan fingerprint density at radius 3 is 2.29 bits per heavy atom. The minimum atomic E-state index is -1.18. The van der Waals surface area contributed by atoms with Crippen LogP contribution in [0.5, 0.6) is 5.75 Å². The van der Waals surface area contributed by atoms with Crippen LogP contribution in [-0.4, -0.2) is 29.1 Å². The first kappa shape index (κ1) is 23.8. The Hall–Kier alpha value is -4.36. The molecule has 35 heavy (non-hydrogen) atoms. The number of rotatable bonds is 7. The predicted octanol–water partition coefficient (Wildman–Crippen LogP) is 5.53. The van der Waals surface area contributed by atoms with Crippen LogP contribution in [0.3, 0.4) is 0 Å². The highest BCUT2D eigenvalue weighted by Crippen LogP contribution is 2.23. The smallest absolute Gasteiger partial charge is 0.417 e. The number of amides is 2. The van der Waals surface area contributed by atoms with Gasteiger partial charge in [0.15, 0.2) is 0 Å². The van der Waals surface area contributed by atoms with Gasteiger partial charge < -0.3 is 15.2 Å². The summed E-state index contributed by atoms with van der Waals surface area (Å²) in [5.41, 5.74) is 1.46. The van der Waals surface area contributed by atoms with E-state index in [1.165, 1.54) is 6.07 Å².